The topological polar surface area (TPSA) is 75.7 Å². The maximum Gasteiger partial charge on any atom is 0.253 e. The molecule has 2 aliphatic heterocycles. The summed E-state index contributed by atoms with van der Waals surface area (Å²) in [6, 6.07) is 6.27. The van der Waals surface area contributed by atoms with E-state index in [1.165, 1.54) is 12.1 Å². The number of benzene rings is 1. The predicted octanol–water partition coefficient (Wildman–Crippen LogP) is 1.19. The van der Waals surface area contributed by atoms with E-state index in [2.05, 4.69) is 4.72 Å². The van der Waals surface area contributed by atoms with Gasteiger partial charge in [0.2, 0.25) is 10.0 Å². The molecule has 8 heteroatoms. The van der Waals surface area contributed by atoms with Gasteiger partial charge >= 0.3 is 0 Å². The summed E-state index contributed by atoms with van der Waals surface area (Å²) in [5.41, 5.74) is 0.273. The monoisotopic (exact) mass is 370 g/mol. The van der Waals surface area contributed by atoms with Crippen molar-refractivity contribution >= 4 is 27.7 Å². The first kappa shape index (κ1) is 17.7. The number of sulfonamides is 1. The van der Waals surface area contributed by atoms with Crippen molar-refractivity contribution in [1.82, 2.24) is 9.62 Å². The summed E-state index contributed by atoms with van der Waals surface area (Å²) in [5.74, 6) is 1.74. The first-order chi connectivity index (χ1) is 11.4. The van der Waals surface area contributed by atoms with Crippen LogP contribution >= 0.6 is 11.8 Å². The summed E-state index contributed by atoms with van der Waals surface area (Å²) in [4.78, 5) is 14.4. The molecule has 6 nitrogen and oxygen atoms in total. The summed E-state index contributed by atoms with van der Waals surface area (Å²) in [6.07, 6.45) is 0. The number of hydrogen-bond donors (Lipinski definition) is 1. The zero-order chi connectivity index (χ0) is 17.2. The van der Waals surface area contributed by atoms with E-state index < -0.39 is 10.0 Å². The summed E-state index contributed by atoms with van der Waals surface area (Å²) in [5, 5.41) is 0. The minimum atomic E-state index is -3.64. The fraction of sp³-hybridized carbons (Fsp3) is 0.562. The Hall–Kier alpha value is -1.09. The van der Waals surface area contributed by atoms with Crippen molar-refractivity contribution < 1.29 is 17.9 Å². The van der Waals surface area contributed by atoms with Crippen LogP contribution in [0.3, 0.4) is 0 Å². The highest BCUT2D eigenvalue weighted by molar-refractivity contribution is 7.99. The van der Waals surface area contributed by atoms with E-state index in [9.17, 15) is 13.2 Å². The van der Waals surface area contributed by atoms with Crippen molar-refractivity contribution in [3.05, 3.63) is 29.8 Å². The molecule has 0 saturated carbocycles. The van der Waals surface area contributed by atoms with Crippen molar-refractivity contribution in [3.8, 4) is 0 Å². The van der Waals surface area contributed by atoms with Crippen molar-refractivity contribution in [2.45, 2.75) is 11.8 Å². The Labute approximate surface area is 147 Å². The third kappa shape index (κ3) is 3.93. The molecule has 2 aliphatic rings. The zero-order valence-electron chi connectivity index (χ0n) is 13.7. The third-order valence-corrected chi connectivity index (χ3v) is 6.62. The molecule has 24 heavy (non-hydrogen) atoms. The molecule has 132 valence electrons. The molecule has 1 aromatic carbocycles. The summed E-state index contributed by atoms with van der Waals surface area (Å²) in [7, 11) is -3.64. The Balaban J connectivity index is 1.72. The van der Waals surface area contributed by atoms with Gasteiger partial charge in [-0.1, -0.05) is 13.0 Å². The lowest BCUT2D eigenvalue weighted by molar-refractivity contribution is -0.0965. The second-order valence-corrected chi connectivity index (χ2v) is 9.55. The Kier molecular flexibility index (Phi) is 5.19. The van der Waals surface area contributed by atoms with E-state index in [1.807, 2.05) is 18.7 Å². The summed E-state index contributed by atoms with van der Waals surface area (Å²) in [6.45, 7) is 4.83. The Morgan fingerprint density at radius 3 is 2.67 bits per heavy atom. The summed E-state index contributed by atoms with van der Waals surface area (Å²) < 4.78 is 32.7. The smallest absolute Gasteiger partial charge is 0.253 e. The van der Waals surface area contributed by atoms with E-state index in [0.717, 1.165) is 11.5 Å². The van der Waals surface area contributed by atoms with Gasteiger partial charge in [-0.2, -0.15) is 11.8 Å². The van der Waals surface area contributed by atoms with Gasteiger partial charge in [0, 0.05) is 42.1 Å². The SMILES string of the molecule is CC1(CNS(=O)(=O)c2cccc(C(=O)N3CCSCC3)c2)COC1. The van der Waals surface area contributed by atoms with E-state index >= 15 is 0 Å². The fourth-order valence-electron chi connectivity index (χ4n) is 2.65. The van der Waals surface area contributed by atoms with Crippen molar-refractivity contribution in [3.63, 3.8) is 0 Å². The van der Waals surface area contributed by atoms with Gasteiger partial charge in [0.25, 0.3) is 5.91 Å². The molecule has 0 spiro atoms. The van der Waals surface area contributed by atoms with Gasteiger partial charge in [-0.25, -0.2) is 13.1 Å². The minimum absolute atomic E-state index is 0.105. The molecule has 1 N–H and O–H groups in total. The standard InChI is InChI=1S/C16H22N2O4S2/c1-16(11-22-12-16)10-17-24(20,21)14-4-2-3-13(9-14)15(19)18-5-7-23-8-6-18/h2-4,9,17H,5-8,10-12H2,1H3. The Bertz CT molecular complexity index is 711. The second-order valence-electron chi connectivity index (χ2n) is 6.56. The van der Waals surface area contributed by atoms with Gasteiger partial charge < -0.3 is 9.64 Å². The van der Waals surface area contributed by atoms with Gasteiger partial charge in [0.15, 0.2) is 0 Å². The highest BCUT2D eigenvalue weighted by Crippen LogP contribution is 2.26. The van der Waals surface area contributed by atoms with Crippen molar-refractivity contribution in [2.24, 2.45) is 5.41 Å². The molecule has 2 saturated heterocycles. The average Bonchev–Trinajstić information content (AvgIpc) is 2.58. The number of carbonyl (C=O) groups is 1. The zero-order valence-corrected chi connectivity index (χ0v) is 15.3. The number of thioether (sulfide) groups is 1. The largest absolute Gasteiger partial charge is 0.380 e. The molecule has 0 unspecified atom stereocenters. The number of ether oxygens (including phenoxy) is 1. The number of hydrogen-bond acceptors (Lipinski definition) is 5. The van der Waals surface area contributed by atoms with Crippen LogP contribution in [0.25, 0.3) is 0 Å². The van der Waals surface area contributed by atoms with Gasteiger partial charge in [0.1, 0.15) is 0 Å². The number of rotatable bonds is 5. The number of amides is 1. The van der Waals surface area contributed by atoms with Crippen LogP contribution < -0.4 is 4.72 Å². The van der Waals surface area contributed by atoms with Gasteiger partial charge in [-0.15, -0.1) is 0 Å². The third-order valence-electron chi connectivity index (χ3n) is 4.28. The van der Waals surface area contributed by atoms with Crippen LogP contribution in [0.2, 0.25) is 0 Å². The molecule has 0 bridgehead atoms. The lowest BCUT2D eigenvalue weighted by atomic mass is 9.89. The van der Waals surface area contributed by atoms with E-state index in [1.54, 1.807) is 17.0 Å². The van der Waals surface area contributed by atoms with E-state index in [-0.39, 0.29) is 16.2 Å². The van der Waals surface area contributed by atoms with Gasteiger partial charge in [-0.3, -0.25) is 4.79 Å². The van der Waals surface area contributed by atoms with Gasteiger partial charge in [0.05, 0.1) is 18.1 Å². The molecule has 1 amide bonds. The maximum atomic E-state index is 12.5. The van der Waals surface area contributed by atoms with Crippen molar-refractivity contribution in [2.75, 3.05) is 44.4 Å². The molecular formula is C16H22N2O4S2. The molecule has 2 fully saturated rings. The molecule has 3 rings (SSSR count). The molecule has 1 aromatic rings. The van der Waals surface area contributed by atoms with Gasteiger partial charge in [-0.05, 0) is 18.2 Å². The van der Waals surface area contributed by atoms with Crippen LogP contribution in [0.5, 0.6) is 0 Å². The number of carbonyl (C=O) groups excluding carboxylic acids is 1. The molecular weight excluding hydrogens is 348 g/mol. The molecule has 2 heterocycles. The van der Waals surface area contributed by atoms with Crippen LogP contribution in [-0.4, -0.2) is 63.6 Å². The van der Waals surface area contributed by atoms with Crippen LogP contribution in [-0.2, 0) is 14.8 Å². The molecule has 0 radical (unpaired) electrons. The quantitative estimate of drug-likeness (QED) is 0.843. The Morgan fingerprint density at radius 1 is 1.33 bits per heavy atom. The van der Waals surface area contributed by atoms with Crippen LogP contribution in [0.1, 0.15) is 17.3 Å². The fourth-order valence-corrected chi connectivity index (χ4v) is 4.80. The van der Waals surface area contributed by atoms with Crippen LogP contribution in [0.4, 0.5) is 0 Å². The lowest BCUT2D eigenvalue weighted by Crippen LogP contribution is -2.48. The highest BCUT2D eigenvalue weighted by Gasteiger charge is 2.34. The van der Waals surface area contributed by atoms with Crippen LogP contribution in [0.15, 0.2) is 29.2 Å². The number of nitrogens with one attached hydrogen (secondary N) is 1. The van der Waals surface area contributed by atoms with Crippen LogP contribution in [0, 0.1) is 5.41 Å². The molecule has 0 aromatic heterocycles. The highest BCUT2D eigenvalue weighted by atomic mass is 32.2. The maximum absolute atomic E-state index is 12.5. The first-order valence-electron chi connectivity index (χ1n) is 7.94. The van der Waals surface area contributed by atoms with Crippen molar-refractivity contribution in [1.29, 1.82) is 0 Å². The predicted molar refractivity (Wildman–Crippen MR) is 93.8 cm³/mol. The first-order valence-corrected chi connectivity index (χ1v) is 10.6. The Morgan fingerprint density at radius 2 is 2.04 bits per heavy atom. The number of nitrogens with zero attached hydrogens (tertiary/aromatic N) is 1. The normalized spacial score (nSPS) is 20.5. The summed E-state index contributed by atoms with van der Waals surface area (Å²) >= 11 is 1.83. The van der Waals surface area contributed by atoms with E-state index in [4.69, 9.17) is 4.74 Å². The average molecular weight is 370 g/mol. The molecule has 0 aliphatic carbocycles. The minimum Gasteiger partial charge on any atom is -0.380 e. The lowest BCUT2D eigenvalue weighted by Gasteiger charge is -2.37. The van der Waals surface area contributed by atoms with E-state index in [0.29, 0.717) is 38.4 Å². The molecule has 0 atom stereocenters. The second kappa shape index (κ2) is 7.03.